The van der Waals surface area contributed by atoms with Gasteiger partial charge in [0.1, 0.15) is 5.60 Å². The summed E-state index contributed by atoms with van der Waals surface area (Å²) in [5, 5.41) is 10.1. The first-order valence-electron chi connectivity index (χ1n) is 4.18. The third kappa shape index (κ3) is 25.7. The fraction of sp³-hybridized carbons (Fsp3) is 0.556. The van der Waals surface area contributed by atoms with Crippen LogP contribution in [0.1, 0.15) is 20.8 Å². The largest absolute Gasteiger partial charge is 1.00 e. The Bertz CT molecular complexity index is 238. The number of hydrogen-bond donors (Lipinski definition) is 2. The zero-order valence-electron chi connectivity index (χ0n) is 10.6. The Morgan fingerprint density at radius 2 is 1.76 bits per heavy atom. The Morgan fingerprint density at radius 1 is 1.35 bits per heavy atom. The van der Waals surface area contributed by atoms with Crippen molar-refractivity contribution < 1.29 is 80.3 Å². The van der Waals surface area contributed by atoms with Gasteiger partial charge in [-0.1, -0.05) is 6.47 Å². The molecular formula is C9H15KNO6-. The fourth-order valence-electron chi connectivity index (χ4n) is 0.428. The Labute approximate surface area is 143 Å². The summed E-state index contributed by atoms with van der Waals surface area (Å²) < 4.78 is 8.48. The third-order valence-corrected chi connectivity index (χ3v) is 0.796. The molecule has 1 amide bonds. The minimum atomic E-state index is -1.22. The maximum Gasteiger partial charge on any atom is 1.00 e. The van der Waals surface area contributed by atoms with Crippen LogP contribution in [0.5, 0.6) is 0 Å². The molecule has 0 rings (SSSR count). The van der Waals surface area contributed by atoms with Crippen molar-refractivity contribution in [2.24, 2.45) is 0 Å². The van der Waals surface area contributed by atoms with E-state index in [-0.39, 0.29) is 51.4 Å². The van der Waals surface area contributed by atoms with E-state index in [1.807, 2.05) is 5.32 Å². The SMILES string of the molecule is CC(C)(C)OC(=O)N[CH-]C(=O)O.CO[C-]=O.[K+]. The zero-order valence-corrected chi connectivity index (χ0v) is 13.7. The second-order valence-corrected chi connectivity index (χ2v) is 3.42. The summed E-state index contributed by atoms with van der Waals surface area (Å²) in [6.07, 6.45) is -0.773. The second kappa shape index (κ2) is 12.2. The first kappa shape index (κ1) is 21.9. The molecule has 0 aliphatic carbocycles. The molecule has 0 heterocycles. The van der Waals surface area contributed by atoms with E-state index in [9.17, 15) is 9.59 Å². The molecule has 8 heteroatoms. The van der Waals surface area contributed by atoms with E-state index in [0.717, 1.165) is 0 Å². The van der Waals surface area contributed by atoms with E-state index < -0.39 is 17.7 Å². The van der Waals surface area contributed by atoms with Crippen LogP contribution in [0.3, 0.4) is 0 Å². The summed E-state index contributed by atoms with van der Waals surface area (Å²) >= 11 is 0. The zero-order chi connectivity index (χ0) is 13.2. The number of carbonyl (C=O) groups excluding carboxylic acids is 2. The van der Waals surface area contributed by atoms with Gasteiger partial charge < -0.3 is 24.7 Å². The number of rotatable bonds is 3. The van der Waals surface area contributed by atoms with Crippen molar-refractivity contribution in [2.75, 3.05) is 7.11 Å². The van der Waals surface area contributed by atoms with Crippen LogP contribution >= 0.6 is 0 Å². The summed E-state index contributed by atoms with van der Waals surface area (Å²) in [6.45, 7) is 6.86. The van der Waals surface area contributed by atoms with Crippen molar-refractivity contribution in [3.63, 3.8) is 0 Å². The Balaban J connectivity index is -0.000000340. The van der Waals surface area contributed by atoms with Gasteiger partial charge in [-0.25, -0.2) is 4.79 Å². The molecule has 0 aromatic heterocycles. The first-order chi connectivity index (χ1) is 7.22. The first-order valence-corrected chi connectivity index (χ1v) is 4.18. The summed E-state index contributed by atoms with van der Waals surface area (Å²) in [5.74, 6) is -1.22. The van der Waals surface area contributed by atoms with E-state index in [2.05, 4.69) is 4.74 Å². The summed E-state index contributed by atoms with van der Waals surface area (Å²) in [6, 6.07) is 0. The third-order valence-electron chi connectivity index (χ3n) is 0.796. The van der Waals surface area contributed by atoms with Crippen molar-refractivity contribution in [3.05, 3.63) is 6.54 Å². The van der Waals surface area contributed by atoms with Crippen LogP contribution < -0.4 is 56.7 Å². The van der Waals surface area contributed by atoms with Crippen molar-refractivity contribution >= 4 is 18.5 Å². The van der Waals surface area contributed by atoms with Gasteiger partial charge in [0.25, 0.3) is 0 Å². The van der Waals surface area contributed by atoms with Crippen LogP contribution in [0.2, 0.25) is 0 Å². The van der Waals surface area contributed by atoms with Gasteiger partial charge in [0.2, 0.25) is 0 Å². The number of ether oxygens (including phenoxy) is 2. The minimum absolute atomic E-state index is 0. The van der Waals surface area contributed by atoms with E-state index >= 15 is 0 Å². The van der Waals surface area contributed by atoms with E-state index in [0.29, 0.717) is 6.54 Å². The topological polar surface area (TPSA) is 102 Å². The summed E-state index contributed by atoms with van der Waals surface area (Å²) in [4.78, 5) is 29.5. The predicted octanol–water partition coefficient (Wildman–Crippen LogP) is -2.54. The molecule has 0 aliphatic rings. The molecule has 0 aromatic carbocycles. The van der Waals surface area contributed by atoms with Crippen molar-refractivity contribution in [1.82, 2.24) is 5.32 Å². The van der Waals surface area contributed by atoms with E-state index in [1.54, 1.807) is 20.8 Å². The van der Waals surface area contributed by atoms with Crippen LogP contribution in [0, 0.1) is 6.54 Å². The Kier molecular flexibility index (Phi) is 15.7. The molecule has 0 spiro atoms. The normalized spacial score (nSPS) is 8.47. The Hall–Kier alpha value is -0.284. The van der Waals surface area contributed by atoms with Gasteiger partial charge in [0.15, 0.2) is 5.97 Å². The van der Waals surface area contributed by atoms with Crippen LogP contribution in [-0.4, -0.2) is 36.4 Å². The maximum absolute atomic E-state index is 10.7. The van der Waals surface area contributed by atoms with Gasteiger partial charge in [-0.2, -0.15) is 6.54 Å². The molecule has 17 heavy (non-hydrogen) atoms. The number of amides is 1. The molecule has 0 fully saturated rings. The van der Waals surface area contributed by atoms with Crippen molar-refractivity contribution in [3.8, 4) is 0 Å². The monoisotopic (exact) mass is 272 g/mol. The maximum atomic E-state index is 10.7. The fourth-order valence-corrected chi connectivity index (χ4v) is 0.428. The van der Waals surface area contributed by atoms with Crippen LogP contribution in [0.4, 0.5) is 4.79 Å². The minimum Gasteiger partial charge on any atom is -0.655 e. The number of carboxylic acids is 1. The number of hydrogen-bond acceptors (Lipinski definition) is 5. The molecule has 0 atom stereocenters. The average Bonchev–Trinajstić information content (AvgIpc) is 2.12. The molecule has 0 aliphatic heterocycles. The molecule has 0 bridgehead atoms. The molecule has 2 N–H and O–H groups in total. The molecule has 94 valence electrons. The smallest absolute Gasteiger partial charge is 0.655 e. The molecule has 0 aromatic rings. The number of alkyl carbamates (subject to hydrolysis) is 1. The van der Waals surface area contributed by atoms with Crippen LogP contribution in [0.25, 0.3) is 0 Å². The van der Waals surface area contributed by atoms with Crippen LogP contribution in [-0.2, 0) is 19.1 Å². The molecule has 0 saturated heterocycles. The molecule has 0 unspecified atom stereocenters. The predicted molar refractivity (Wildman–Crippen MR) is 54.0 cm³/mol. The van der Waals surface area contributed by atoms with Gasteiger partial charge >= 0.3 is 57.5 Å². The molecule has 0 saturated carbocycles. The van der Waals surface area contributed by atoms with E-state index in [4.69, 9.17) is 14.6 Å². The number of nitrogens with one attached hydrogen (secondary N) is 1. The summed E-state index contributed by atoms with van der Waals surface area (Å²) in [5.41, 5.74) is -0.615. The molecular weight excluding hydrogens is 257 g/mol. The van der Waals surface area contributed by atoms with Gasteiger partial charge in [-0.15, -0.1) is 0 Å². The molecule has 0 radical (unpaired) electrons. The van der Waals surface area contributed by atoms with Crippen LogP contribution in [0.15, 0.2) is 0 Å². The quantitative estimate of drug-likeness (QED) is 0.433. The average molecular weight is 272 g/mol. The van der Waals surface area contributed by atoms with Crippen molar-refractivity contribution in [1.29, 1.82) is 0 Å². The number of methoxy groups -OCH3 is 1. The number of carboxylic acid groups (broad SMARTS) is 1. The van der Waals surface area contributed by atoms with Crippen molar-refractivity contribution in [2.45, 2.75) is 26.4 Å². The van der Waals surface area contributed by atoms with Gasteiger partial charge in [-0.3, -0.25) is 4.79 Å². The molecule has 7 nitrogen and oxygen atoms in total. The Morgan fingerprint density at radius 3 is 2.00 bits per heavy atom. The number of aliphatic carboxylic acids is 1. The standard InChI is InChI=1S/C7H12NO4.C2H3O2.K/c1-7(2,3)12-6(11)8-4-5(9)10;1-4-2-3;/h4H,1-3H3,(H,8,11)(H,9,10);1H3;/q2*-1;+1. The second-order valence-electron chi connectivity index (χ2n) is 3.42. The van der Waals surface area contributed by atoms with Gasteiger partial charge in [-0.05, 0) is 20.8 Å². The van der Waals surface area contributed by atoms with E-state index in [1.165, 1.54) is 13.6 Å². The summed E-state index contributed by atoms with van der Waals surface area (Å²) in [7, 11) is 1.26. The number of carbonyl (C=O) groups is 2. The van der Waals surface area contributed by atoms with Gasteiger partial charge in [0.05, 0.1) is 0 Å². The van der Waals surface area contributed by atoms with Gasteiger partial charge in [0, 0.05) is 7.11 Å².